The maximum absolute atomic E-state index is 12.4. The number of thiophene rings is 1. The number of aryl methyl sites for hydroxylation is 2. The molecule has 0 aliphatic carbocycles. The van der Waals surface area contributed by atoms with Crippen molar-refractivity contribution in [1.82, 2.24) is 0 Å². The van der Waals surface area contributed by atoms with Crippen molar-refractivity contribution in [3.8, 4) is 5.75 Å². The van der Waals surface area contributed by atoms with E-state index in [-0.39, 0.29) is 11.4 Å². The van der Waals surface area contributed by atoms with Gasteiger partial charge in [0.05, 0.1) is 11.3 Å². The lowest BCUT2D eigenvalue weighted by molar-refractivity contribution is -0.123. The van der Waals surface area contributed by atoms with Crippen LogP contribution in [-0.2, 0) is 9.53 Å². The van der Waals surface area contributed by atoms with Crippen molar-refractivity contribution in [2.75, 3.05) is 5.32 Å². The normalized spacial score (nSPS) is 11.9. The van der Waals surface area contributed by atoms with Crippen LogP contribution >= 0.6 is 11.3 Å². The summed E-state index contributed by atoms with van der Waals surface area (Å²) < 4.78 is 34.3. The number of anilines is 1. The number of rotatable bonds is 6. The summed E-state index contributed by atoms with van der Waals surface area (Å²) in [5.41, 5.74) is 0.474. The van der Waals surface area contributed by atoms with Gasteiger partial charge in [-0.15, -0.1) is 11.3 Å². The summed E-state index contributed by atoms with van der Waals surface area (Å²) >= 11 is 1.45. The summed E-state index contributed by atoms with van der Waals surface area (Å²) in [4.78, 5) is 26.1. The Morgan fingerprint density at radius 2 is 1.88 bits per heavy atom. The van der Waals surface area contributed by atoms with Crippen molar-refractivity contribution in [2.45, 2.75) is 33.5 Å². The molecule has 2 rings (SSSR count). The number of halogens is 2. The molecule has 134 valence electrons. The largest absolute Gasteiger partial charge is 0.449 e. The van der Waals surface area contributed by atoms with Gasteiger partial charge in [0.25, 0.3) is 5.91 Å². The number of amides is 1. The topological polar surface area (TPSA) is 64.6 Å². The zero-order valence-electron chi connectivity index (χ0n) is 13.8. The highest BCUT2D eigenvalue weighted by Gasteiger charge is 2.22. The van der Waals surface area contributed by atoms with Crippen LogP contribution < -0.4 is 10.1 Å². The van der Waals surface area contributed by atoms with Gasteiger partial charge in [0.1, 0.15) is 5.75 Å². The summed E-state index contributed by atoms with van der Waals surface area (Å²) in [6.45, 7) is 2.04. The number of hydrogen-bond donors (Lipinski definition) is 1. The average molecular weight is 369 g/mol. The van der Waals surface area contributed by atoms with Crippen molar-refractivity contribution in [3.05, 3.63) is 45.6 Å². The fourth-order valence-electron chi connectivity index (χ4n) is 2.11. The van der Waals surface area contributed by atoms with Crippen LogP contribution in [0.2, 0.25) is 0 Å². The number of para-hydroxylation sites is 2. The number of ether oxygens (including phenoxy) is 2. The molecule has 1 heterocycles. The molecule has 0 spiro atoms. The maximum Gasteiger partial charge on any atom is 0.387 e. The number of carbonyl (C=O) groups is 2. The van der Waals surface area contributed by atoms with Crippen molar-refractivity contribution < 1.29 is 27.8 Å². The van der Waals surface area contributed by atoms with E-state index in [1.54, 1.807) is 19.1 Å². The summed E-state index contributed by atoms with van der Waals surface area (Å²) in [5, 5.41) is 2.42. The number of alkyl halides is 2. The lowest BCUT2D eigenvalue weighted by Crippen LogP contribution is -2.30. The highest BCUT2D eigenvalue weighted by molar-refractivity contribution is 7.12. The van der Waals surface area contributed by atoms with Crippen molar-refractivity contribution in [3.63, 3.8) is 0 Å². The number of esters is 1. The van der Waals surface area contributed by atoms with Crippen LogP contribution in [0.4, 0.5) is 14.5 Å². The molecule has 0 aliphatic rings. The zero-order chi connectivity index (χ0) is 18.6. The van der Waals surface area contributed by atoms with Gasteiger partial charge >= 0.3 is 12.6 Å². The van der Waals surface area contributed by atoms with Gasteiger partial charge in [-0.05, 0) is 39.0 Å². The van der Waals surface area contributed by atoms with Gasteiger partial charge in [0, 0.05) is 9.75 Å². The van der Waals surface area contributed by atoms with E-state index in [2.05, 4.69) is 10.1 Å². The molecule has 1 aromatic heterocycles. The third-order valence-corrected chi connectivity index (χ3v) is 4.24. The van der Waals surface area contributed by atoms with Crippen LogP contribution in [0, 0.1) is 13.8 Å². The predicted molar refractivity (Wildman–Crippen MR) is 90.4 cm³/mol. The second-order valence-electron chi connectivity index (χ2n) is 5.24. The molecule has 25 heavy (non-hydrogen) atoms. The van der Waals surface area contributed by atoms with Crippen LogP contribution in [0.1, 0.15) is 27.0 Å². The minimum Gasteiger partial charge on any atom is -0.449 e. The summed E-state index contributed by atoms with van der Waals surface area (Å²) in [6.07, 6.45) is -1.10. The molecule has 0 bridgehead atoms. The molecule has 1 amide bonds. The molecule has 0 aliphatic heterocycles. The molecule has 1 atom stereocenters. The lowest BCUT2D eigenvalue weighted by Gasteiger charge is -2.15. The molecule has 0 saturated carbocycles. The monoisotopic (exact) mass is 369 g/mol. The van der Waals surface area contributed by atoms with Crippen LogP contribution in [0.15, 0.2) is 30.3 Å². The van der Waals surface area contributed by atoms with E-state index in [0.717, 1.165) is 9.75 Å². The Labute approximate surface area is 147 Å². The van der Waals surface area contributed by atoms with Crippen LogP contribution in [0.5, 0.6) is 5.75 Å². The first-order valence-electron chi connectivity index (χ1n) is 7.40. The van der Waals surface area contributed by atoms with Gasteiger partial charge in [0.15, 0.2) is 6.10 Å². The van der Waals surface area contributed by atoms with E-state index in [1.165, 1.54) is 36.5 Å². The Morgan fingerprint density at radius 3 is 2.48 bits per heavy atom. The van der Waals surface area contributed by atoms with Gasteiger partial charge in [-0.1, -0.05) is 12.1 Å². The molecule has 0 saturated heterocycles. The van der Waals surface area contributed by atoms with E-state index in [0.29, 0.717) is 5.56 Å². The summed E-state index contributed by atoms with van der Waals surface area (Å²) in [6, 6.07) is 7.46. The van der Waals surface area contributed by atoms with Crippen molar-refractivity contribution >= 4 is 28.9 Å². The van der Waals surface area contributed by atoms with Crippen molar-refractivity contribution in [2.24, 2.45) is 0 Å². The smallest absolute Gasteiger partial charge is 0.387 e. The summed E-state index contributed by atoms with van der Waals surface area (Å²) in [7, 11) is 0. The zero-order valence-corrected chi connectivity index (χ0v) is 14.7. The number of carbonyl (C=O) groups excluding carboxylic acids is 2. The van der Waals surface area contributed by atoms with Crippen LogP contribution in [0.3, 0.4) is 0 Å². The Hall–Kier alpha value is -2.48. The second-order valence-corrected chi connectivity index (χ2v) is 6.70. The van der Waals surface area contributed by atoms with E-state index in [1.807, 2.05) is 6.92 Å². The first-order chi connectivity index (χ1) is 11.8. The quantitative estimate of drug-likeness (QED) is 0.777. The van der Waals surface area contributed by atoms with Crippen molar-refractivity contribution in [1.29, 1.82) is 0 Å². The molecule has 5 nitrogen and oxygen atoms in total. The first kappa shape index (κ1) is 18.9. The molecule has 8 heteroatoms. The maximum atomic E-state index is 12.4. The molecular weight excluding hydrogens is 352 g/mol. The Bertz CT molecular complexity index is 776. The fourth-order valence-corrected chi connectivity index (χ4v) is 3.03. The highest BCUT2D eigenvalue weighted by atomic mass is 32.1. The van der Waals surface area contributed by atoms with E-state index in [9.17, 15) is 18.4 Å². The van der Waals surface area contributed by atoms with Gasteiger partial charge < -0.3 is 14.8 Å². The second kappa shape index (κ2) is 8.06. The van der Waals surface area contributed by atoms with Gasteiger partial charge in [0.2, 0.25) is 0 Å². The molecule has 2 aromatic rings. The fraction of sp³-hybridized carbons (Fsp3) is 0.294. The molecule has 1 N–H and O–H groups in total. The number of hydrogen-bond acceptors (Lipinski definition) is 5. The average Bonchev–Trinajstić information content (AvgIpc) is 2.87. The van der Waals surface area contributed by atoms with E-state index in [4.69, 9.17) is 4.74 Å². The Balaban J connectivity index is 2.03. The molecule has 0 fully saturated rings. The molecule has 0 unspecified atom stereocenters. The summed E-state index contributed by atoms with van der Waals surface area (Å²) in [5.74, 6) is -1.43. The standard InChI is InChI=1S/C17H17F2NO4S/c1-9-8-12(11(3)25-9)16(22)23-10(2)15(21)20-13-6-4-5-7-14(13)24-17(18)19/h4-8,10,17H,1-3H3,(H,20,21)/t10-/m0/s1. The lowest BCUT2D eigenvalue weighted by atomic mass is 10.2. The predicted octanol–water partition coefficient (Wildman–Crippen LogP) is 4.15. The Kier molecular flexibility index (Phi) is 6.08. The third-order valence-electron chi connectivity index (χ3n) is 3.27. The number of nitrogens with one attached hydrogen (secondary N) is 1. The SMILES string of the molecule is Cc1cc(C(=O)O[C@@H](C)C(=O)Nc2ccccc2OC(F)F)c(C)s1. The van der Waals surface area contributed by atoms with E-state index < -0.39 is 24.6 Å². The van der Waals surface area contributed by atoms with Crippen LogP contribution in [0.25, 0.3) is 0 Å². The highest BCUT2D eigenvalue weighted by Crippen LogP contribution is 2.26. The molecule has 0 radical (unpaired) electrons. The minimum absolute atomic E-state index is 0.0678. The van der Waals surface area contributed by atoms with Gasteiger partial charge in [-0.2, -0.15) is 8.78 Å². The van der Waals surface area contributed by atoms with Gasteiger partial charge in [-0.25, -0.2) is 4.79 Å². The van der Waals surface area contributed by atoms with Gasteiger partial charge in [-0.3, -0.25) is 4.79 Å². The third kappa shape index (κ3) is 4.99. The number of benzene rings is 1. The van der Waals surface area contributed by atoms with E-state index >= 15 is 0 Å². The van der Waals surface area contributed by atoms with Crippen LogP contribution in [-0.4, -0.2) is 24.6 Å². The first-order valence-corrected chi connectivity index (χ1v) is 8.22. The minimum atomic E-state index is -3.02. The molecule has 1 aromatic carbocycles. The Morgan fingerprint density at radius 1 is 1.20 bits per heavy atom. The molecular formula is C17H17F2NO4S.